The Morgan fingerprint density at radius 1 is 1.26 bits per heavy atom. The lowest BCUT2D eigenvalue weighted by atomic mass is 10.0. The van der Waals surface area contributed by atoms with E-state index in [1.165, 1.54) is 0 Å². The molecule has 0 radical (unpaired) electrons. The normalized spacial score (nSPS) is 15.6. The third-order valence-electron chi connectivity index (χ3n) is 5.42. The summed E-state index contributed by atoms with van der Waals surface area (Å²) in [6.07, 6.45) is 6.77. The van der Waals surface area contributed by atoms with Crippen molar-refractivity contribution in [1.29, 1.82) is 0 Å². The fraction of sp³-hybridized carbons (Fsp3) is 0.273. The number of fused-ring (bicyclic) bond motifs is 1. The van der Waals surface area contributed by atoms with Gasteiger partial charge in [-0.05, 0) is 30.2 Å². The molecule has 0 amide bonds. The van der Waals surface area contributed by atoms with Gasteiger partial charge in [0.05, 0.1) is 25.1 Å². The Morgan fingerprint density at radius 3 is 2.84 bits per heavy atom. The summed E-state index contributed by atoms with van der Waals surface area (Å²) < 4.78 is 13.0. The quantitative estimate of drug-likeness (QED) is 0.492. The molecule has 0 aliphatic carbocycles. The molecule has 1 aliphatic rings. The molecule has 5 rings (SSSR count). The molecule has 0 spiro atoms. The van der Waals surface area contributed by atoms with Crippen LogP contribution in [0.1, 0.15) is 6.42 Å². The highest BCUT2D eigenvalue weighted by molar-refractivity contribution is 5.99. The van der Waals surface area contributed by atoms with Crippen LogP contribution in [-0.2, 0) is 11.8 Å². The molecule has 1 unspecified atom stereocenters. The molecule has 4 heterocycles. The number of hydrogen-bond acceptors (Lipinski definition) is 8. The van der Waals surface area contributed by atoms with E-state index in [0.29, 0.717) is 29.3 Å². The second kappa shape index (κ2) is 7.84. The number of pyridine rings is 1. The maximum absolute atomic E-state index is 6.09. The van der Waals surface area contributed by atoms with E-state index in [9.17, 15) is 0 Å². The first-order valence-corrected chi connectivity index (χ1v) is 10.1. The maximum Gasteiger partial charge on any atom is 0.221 e. The standard InChI is InChI=1S/C22H23N7O2/c1-29-12-14(10-26-29)13-3-4-16(18(9-13)30-2)19-17-5-7-24-21(20(17)28-22(23)27-19)25-11-15-6-8-31-15/h3-5,7,9-10,12,15H,6,8,11H2,1-2H3,(H,24,25)(H2,23,27,28). The van der Waals surface area contributed by atoms with Crippen LogP contribution in [0.3, 0.4) is 0 Å². The molecule has 3 N–H and O–H groups in total. The molecule has 4 aromatic rings. The third-order valence-corrected chi connectivity index (χ3v) is 5.42. The molecule has 1 aliphatic heterocycles. The average Bonchev–Trinajstić information content (AvgIpc) is 3.18. The molecule has 158 valence electrons. The van der Waals surface area contributed by atoms with E-state index in [-0.39, 0.29) is 12.1 Å². The summed E-state index contributed by atoms with van der Waals surface area (Å²) in [6, 6.07) is 7.87. The summed E-state index contributed by atoms with van der Waals surface area (Å²) in [5.74, 6) is 1.53. The fourth-order valence-electron chi connectivity index (χ4n) is 3.70. The van der Waals surface area contributed by atoms with Crippen LogP contribution in [0, 0.1) is 0 Å². The minimum Gasteiger partial charge on any atom is -0.496 e. The summed E-state index contributed by atoms with van der Waals surface area (Å²) >= 11 is 0. The minimum absolute atomic E-state index is 0.178. The molecule has 1 fully saturated rings. The molecule has 9 nitrogen and oxygen atoms in total. The first-order valence-electron chi connectivity index (χ1n) is 10.1. The minimum atomic E-state index is 0.178. The van der Waals surface area contributed by atoms with E-state index in [1.54, 1.807) is 18.0 Å². The highest BCUT2D eigenvalue weighted by Gasteiger charge is 2.20. The SMILES string of the molecule is COc1cc(-c2cnn(C)c2)ccc1-c1nc(N)nc2c(NCC3CCO3)nccc12. The number of anilines is 2. The molecule has 31 heavy (non-hydrogen) atoms. The van der Waals surface area contributed by atoms with Crippen molar-refractivity contribution in [2.45, 2.75) is 12.5 Å². The van der Waals surface area contributed by atoms with Crippen LogP contribution >= 0.6 is 0 Å². The second-order valence-corrected chi connectivity index (χ2v) is 7.47. The van der Waals surface area contributed by atoms with Crippen molar-refractivity contribution >= 4 is 22.7 Å². The highest BCUT2D eigenvalue weighted by Crippen LogP contribution is 2.37. The van der Waals surface area contributed by atoms with E-state index in [1.807, 2.05) is 43.7 Å². The topological polar surface area (TPSA) is 113 Å². The van der Waals surface area contributed by atoms with Crippen LogP contribution in [0.2, 0.25) is 0 Å². The Bertz CT molecular complexity index is 1250. The van der Waals surface area contributed by atoms with E-state index >= 15 is 0 Å². The summed E-state index contributed by atoms with van der Waals surface area (Å²) in [7, 11) is 3.54. The predicted octanol–water partition coefficient (Wildman–Crippen LogP) is 2.88. The number of nitrogen functional groups attached to an aromatic ring is 1. The van der Waals surface area contributed by atoms with Crippen molar-refractivity contribution in [2.75, 3.05) is 31.3 Å². The van der Waals surface area contributed by atoms with Crippen molar-refractivity contribution in [3.63, 3.8) is 0 Å². The van der Waals surface area contributed by atoms with Gasteiger partial charge >= 0.3 is 0 Å². The first kappa shape index (κ1) is 19.3. The van der Waals surface area contributed by atoms with Gasteiger partial charge in [-0.1, -0.05) is 6.07 Å². The maximum atomic E-state index is 6.09. The Balaban J connectivity index is 1.59. The van der Waals surface area contributed by atoms with Crippen LogP contribution in [0.15, 0.2) is 42.9 Å². The smallest absolute Gasteiger partial charge is 0.221 e. The van der Waals surface area contributed by atoms with Gasteiger partial charge in [0.25, 0.3) is 0 Å². The number of aromatic nitrogens is 5. The van der Waals surface area contributed by atoms with Gasteiger partial charge in [-0.3, -0.25) is 4.68 Å². The van der Waals surface area contributed by atoms with Gasteiger partial charge in [-0.15, -0.1) is 0 Å². The Hall–Kier alpha value is -3.72. The molecule has 9 heteroatoms. The lowest BCUT2D eigenvalue weighted by Crippen LogP contribution is -2.33. The number of ether oxygens (including phenoxy) is 2. The zero-order valence-corrected chi connectivity index (χ0v) is 17.4. The van der Waals surface area contributed by atoms with E-state index < -0.39 is 0 Å². The molecule has 1 atom stereocenters. The largest absolute Gasteiger partial charge is 0.496 e. The van der Waals surface area contributed by atoms with E-state index in [2.05, 4.69) is 25.4 Å². The molecule has 3 aromatic heterocycles. The second-order valence-electron chi connectivity index (χ2n) is 7.47. The molecular weight excluding hydrogens is 394 g/mol. The van der Waals surface area contributed by atoms with Crippen LogP contribution in [0.25, 0.3) is 33.3 Å². The highest BCUT2D eigenvalue weighted by atomic mass is 16.5. The molecule has 1 saturated heterocycles. The first-order chi connectivity index (χ1) is 15.1. The summed E-state index contributed by atoms with van der Waals surface area (Å²) in [4.78, 5) is 13.5. The molecule has 1 aromatic carbocycles. The van der Waals surface area contributed by atoms with Crippen LogP contribution in [-0.4, -0.2) is 51.1 Å². The Kier molecular flexibility index (Phi) is 4.87. The Morgan fingerprint density at radius 2 is 2.13 bits per heavy atom. The van der Waals surface area contributed by atoms with E-state index in [0.717, 1.165) is 35.1 Å². The zero-order chi connectivity index (χ0) is 21.4. The third kappa shape index (κ3) is 3.64. The number of rotatable bonds is 6. The lowest BCUT2D eigenvalue weighted by Gasteiger charge is -2.26. The van der Waals surface area contributed by atoms with Gasteiger partial charge in [0.15, 0.2) is 5.82 Å². The number of aryl methyl sites for hydroxylation is 1. The van der Waals surface area contributed by atoms with Gasteiger partial charge < -0.3 is 20.5 Å². The predicted molar refractivity (Wildman–Crippen MR) is 119 cm³/mol. The van der Waals surface area contributed by atoms with Crippen molar-refractivity contribution in [3.8, 4) is 28.1 Å². The number of nitrogens with one attached hydrogen (secondary N) is 1. The molecule has 0 bridgehead atoms. The Labute approximate surface area is 179 Å². The summed E-state index contributed by atoms with van der Waals surface area (Å²) in [5, 5.41) is 8.42. The van der Waals surface area contributed by atoms with Crippen LogP contribution < -0.4 is 15.8 Å². The van der Waals surface area contributed by atoms with Gasteiger partial charge in [0.2, 0.25) is 5.95 Å². The summed E-state index contributed by atoms with van der Waals surface area (Å²) in [5.41, 5.74) is 10.3. The fourth-order valence-corrected chi connectivity index (χ4v) is 3.70. The molecule has 0 saturated carbocycles. The van der Waals surface area contributed by atoms with Crippen molar-refractivity contribution in [3.05, 3.63) is 42.9 Å². The van der Waals surface area contributed by atoms with E-state index in [4.69, 9.17) is 15.2 Å². The van der Waals surface area contributed by atoms with Crippen molar-refractivity contribution < 1.29 is 9.47 Å². The number of nitrogens with zero attached hydrogens (tertiary/aromatic N) is 5. The van der Waals surface area contributed by atoms with Crippen LogP contribution in [0.4, 0.5) is 11.8 Å². The van der Waals surface area contributed by atoms with Gasteiger partial charge in [-0.2, -0.15) is 5.10 Å². The van der Waals surface area contributed by atoms with Crippen LogP contribution in [0.5, 0.6) is 5.75 Å². The average molecular weight is 417 g/mol. The van der Waals surface area contributed by atoms with Gasteiger partial charge in [0.1, 0.15) is 11.3 Å². The zero-order valence-electron chi connectivity index (χ0n) is 17.4. The summed E-state index contributed by atoms with van der Waals surface area (Å²) in [6.45, 7) is 1.48. The number of benzene rings is 1. The molecular formula is C22H23N7O2. The number of hydrogen-bond donors (Lipinski definition) is 2. The van der Waals surface area contributed by atoms with Gasteiger partial charge in [-0.25, -0.2) is 15.0 Å². The lowest BCUT2D eigenvalue weighted by molar-refractivity contribution is -0.0410. The van der Waals surface area contributed by atoms with Crippen molar-refractivity contribution in [1.82, 2.24) is 24.7 Å². The van der Waals surface area contributed by atoms with Crippen molar-refractivity contribution in [2.24, 2.45) is 7.05 Å². The van der Waals surface area contributed by atoms with Gasteiger partial charge in [0, 0.05) is 49.1 Å². The monoisotopic (exact) mass is 417 g/mol. The number of methoxy groups -OCH3 is 1. The number of nitrogens with two attached hydrogens (primary N) is 1.